The van der Waals surface area contributed by atoms with E-state index in [9.17, 15) is 19.7 Å². The summed E-state index contributed by atoms with van der Waals surface area (Å²) in [6.07, 6.45) is -0.801. The van der Waals surface area contributed by atoms with Crippen LogP contribution in [0.1, 0.15) is 23.7 Å². The Morgan fingerprint density at radius 1 is 1.40 bits per heavy atom. The standard InChI is InChI=1S/C13H12ClNO5/c1-7(12(16)8-2-4-9(14)5-3-8)20-13(17)10-6-11(10)15(18)19/h2-5,7,10-11H,6H2,1H3. The van der Waals surface area contributed by atoms with Crippen molar-refractivity contribution < 1.29 is 19.2 Å². The molecule has 0 aromatic heterocycles. The average molecular weight is 298 g/mol. The summed E-state index contributed by atoms with van der Waals surface area (Å²) < 4.78 is 4.98. The van der Waals surface area contributed by atoms with E-state index in [-0.39, 0.29) is 12.2 Å². The van der Waals surface area contributed by atoms with Gasteiger partial charge in [-0.3, -0.25) is 19.7 Å². The van der Waals surface area contributed by atoms with E-state index in [1.807, 2.05) is 0 Å². The van der Waals surface area contributed by atoms with Crippen molar-refractivity contribution in [1.29, 1.82) is 0 Å². The van der Waals surface area contributed by atoms with E-state index >= 15 is 0 Å². The van der Waals surface area contributed by atoms with Crippen LogP contribution in [0.4, 0.5) is 0 Å². The normalized spacial score (nSPS) is 21.9. The molecule has 0 amide bonds. The van der Waals surface area contributed by atoms with E-state index in [2.05, 4.69) is 0 Å². The Kier molecular flexibility index (Phi) is 4.04. The topological polar surface area (TPSA) is 86.5 Å². The minimum absolute atomic E-state index is 0.174. The Morgan fingerprint density at radius 2 is 2.00 bits per heavy atom. The summed E-state index contributed by atoms with van der Waals surface area (Å²) in [6.45, 7) is 1.44. The molecule has 0 aliphatic heterocycles. The van der Waals surface area contributed by atoms with Crippen LogP contribution in [0.25, 0.3) is 0 Å². The number of ether oxygens (including phenoxy) is 1. The van der Waals surface area contributed by atoms with Gasteiger partial charge in [0, 0.05) is 21.9 Å². The van der Waals surface area contributed by atoms with E-state index in [1.54, 1.807) is 12.1 Å². The predicted octanol–water partition coefficient (Wildman–Crippen LogP) is 2.12. The molecule has 0 heterocycles. The van der Waals surface area contributed by atoms with E-state index < -0.39 is 29.0 Å². The highest BCUT2D eigenvalue weighted by Gasteiger charge is 2.55. The van der Waals surface area contributed by atoms with Crippen molar-refractivity contribution in [1.82, 2.24) is 0 Å². The minimum atomic E-state index is -0.975. The van der Waals surface area contributed by atoms with Gasteiger partial charge in [-0.15, -0.1) is 0 Å². The Balaban J connectivity index is 1.93. The number of Topliss-reactive ketones (excluding diaryl/α,β-unsaturated/α-hetero) is 1. The second-order valence-corrected chi connectivity index (χ2v) is 5.08. The summed E-state index contributed by atoms with van der Waals surface area (Å²) in [5, 5.41) is 11.0. The van der Waals surface area contributed by atoms with Crippen molar-refractivity contribution in [3.63, 3.8) is 0 Å². The summed E-state index contributed by atoms with van der Waals surface area (Å²) in [7, 11) is 0. The van der Waals surface area contributed by atoms with Gasteiger partial charge >= 0.3 is 5.97 Å². The maximum atomic E-state index is 12.0. The molecule has 2 rings (SSSR count). The van der Waals surface area contributed by atoms with Crippen LogP contribution in [-0.4, -0.2) is 28.8 Å². The maximum Gasteiger partial charge on any atom is 0.316 e. The molecule has 0 N–H and O–H groups in total. The highest BCUT2D eigenvalue weighted by atomic mass is 35.5. The molecule has 106 valence electrons. The number of nitro groups is 1. The summed E-state index contributed by atoms with van der Waals surface area (Å²) in [5.74, 6) is -1.79. The molecule has 7 heteroatoms. The zero-order chi connectivity index (χ0) is 14.9. The fourth-order valence-corrected chi connectivity index (χ4v) is 1.96. The first-order valence-corrected chi connectivity index (χ1v) is 6.41. The van der Waals surface area contributed by atoms with Crippen molar-refractivity contribution >= 4 is 23.4 Å². The molecule has 1 aliphatic carbocycles. The van der Waals surface area contributed by atoms with Crippen LogP contribution in [0.3, 0.4) is 0 Å². The van der Waals surface area contributed by atoms with E-state index in [0.717, 1.165) is 0 Å². The van der Waals surface area contributed by atoms with Gasteiger partial charge in [-0.05, 0) is 31.2 Å². The molecular formula is C13H12ClNO5. The van der Waals surface area contributed by atoms with Gasteiger partial charge in [-0.25, -0.2) is 0 Å². The number of ketones is 1. The maximum absolute atomic E-state index is 12.0. The second kappa shape index (κ2) is 5.58. The molecule has 0 bridgehead atoms. The highest BCUT2D eigenvalue weighted by molar-refractivity contribution is 6.30. The molecule has 1 aromatic carbocycles. The van der Waals surface area contributed by atoms with Crippen LogP contribution < -0.4 is 0 Å². The average Bonchev–Trinajstić information content (AvgIpc) is 3.19. The second-order valence-electron chi connectivity index (χ2n) is 4.65. The molecule has 1 aromatic rings. The summed E-state index contributed by atoms with van der Waals surface area (Å²) >= 11 is 5.72. The number of esters is 1. The molecule has 0 radical (unpaired) electrons. The zero-order valence-electron chi connectivity index (χ0n) is 10.6. The van der Waals surface area contributed by atoms with Crippen LogP contribution in [0, 0.1) is 16.0 Å². The predicted molar refractivity (Wildman–Crippen MR) is 70.2 cm³/mol. The Morgan fingerprint density at radius 3 is 2.50 bits per heavy atom. The van der Waals surface area contributed by atoms with Crippen LogP contribution >= 0.6 is 11.6 Å². The van der Waals surface area contributed by atoms with Crippen molar-refractivity contribution in [3.05, 3.63) is 45.0 Å². The monoisotopic (exact) mass is 297 g/mol. The van der Waals surface area contributed by atoms with Gasteiger partial charge in [0.1, 0.15) is 5.92 Å². The highest BCUT2D eigenvalue weighted by Crippen LogP contribution is 2.34. The third kappa shape index (κ3) is 3.14. The minimum Gasteiger partial charge on any atom is -0.454 e. The lowest BCUT2D eigenvalue weighted by Crippen LogP contribution is -2.26. The third-order valence-electron chi connectivity index (χ3n) is 3.12. The van der Waals surface area contributed by atoms with Gasteiger partial charge in [-0.1, -0.05) is 11.6 Å². The third-order valence-corrected chi connectivity index (χ3v) is 3.37. The molecule has 0 spiro atoms. The van der Waals surface area contributed by atoms with Gasteiger partial charge in [0.25, 0.3) is 0 Å². The van der Waals surface area contributed by atoms with Crippen LogP contribution in [0.2, 0.25) is 5.02 Å². The molecule has 0 saturated heterocycles. The molecule has 3 unspecified atom stereocenters. The van der Waals surface area contributed by atoms with E-state index in [4.69, 9.17) is 16.3 Å². The number of hydrogen-bond acceptors (Lipinski definition) is 5. The van der Waals surface area contributed by atoms with Gasteiger partial charge < -0.3 is 4.74 Å². The van der Waals surface area contributed by atoms with Crippen molar-refractivity contribution in [3.8, 4) is 0 Å². The van der Waals surface area contributed by atoms with Crippen LogP contribution in [0.5, 0.6) is 0 Å². The van der Waals surface area contributed by atoms with Crippen molar-refractivity contribution in [2.45, 2.75) is 25.5 Å². The first-order valence-electron chi connectivity index (χ1n) is 6.04. The Bertz CT molecular complexity index is 556. The molecular weight excluding hydrogens is 286 g/mol. The van der Waals surface area contributed by atoms with E-state index in [0.29, 0.717) is 10.6 Å². The SMILES string of the molecule is CC(OC(=O)C1CC1[N+](=O)[O-])C(=O)c1ccc(Cl)cc1. The first-order chi connectivity index (χ1) is 9.40. The van der Waals surface area contributed by atoms with Crippen molar-refractivity contribution in [2.24, 2.45) is 5.92 Å². The van der Waals surface area contributed by atoms with Crippen molar-refractivity contribution in [2.75, 3.05) is 0 Å². The first kappa shape index (κ1) is 14.5. The zero-order valence-corrected chi connectivity index (χ0v) is 11.4. The Labute approximate surface area is 119 Å². The lowest BCUT2D eigenvalue weighted by atomic mass is 10.1. The molecule has 1 aliphatic rings. The number of halogens is 1. The summed E-state index contributed by atoms with van der Waals surface area (Å²) in [6, 6.07) is 5.32. The fraction of sp³-hybridized carbons (Fsp3) is 0.385. The number of rotatable bonds is 5. The molecule has 3 atom stereocenters. The van der Waals surface area contributed by atoms with Gasteiger partial charge in [0.05, 0.1) is 0 Å². The Hall–Kier alpha value is -1.95. The molecule has 1 saturated carbocycles. The van der Waals surface area contributed by atoms with Gasteiger partial charge in [0.15, 0.2) is 6.10 Å². The largest absolute Gasteiger partial charge is 0.454 e. The fourth-order valence-electron chi connectivity index (χ4n) is 1.83. The number of hydrogen-bond donors (Lipinski definition) is 0. The number of nitrogens with zero attached hydrogens (tertiary/aromatic N) is 1. The molecule has 20 heavy (non-hydrogen) atoms. The lowest BCUT2D eigenvalue weighted by Gasteiger charge is -2.11. The molecule has 6 nitrogen and oxygen atoms in total. The van der Waals surface area contributed by atoms with Crippen LogP contribution in [0.15, 0.2) is 24.3 Å². The summed E-state index contributed by atoms with van der Waals surface area (Å²) in [5.41, 5.74) is 0.372. The quantitative estimate of drug-likeness (QED) is 0.359. The van der Waals surface area contributed by atoms with Gasteiger partial charge in [0.2, 0.25) is 11.8 Å². The summed E-state index contributed by atoms with van der Waals surface area (Å²) in [4.78, 5) is 33.6. The number of carbonyl (C=O) groups is 2. The number of carbonyl (C=O) groups excluding carboxylic acids is 2. The molecule has 1 fully saturated rings. The van der Waals surface area contributed by atoms with Crippen LogP contribution in [-0.2, 0) is 9.53 Å². The van der Waals surface area contributed by atoms with E-state index in [1.165, 1.54) is 19.1 Å². The number of benzene rings is 1. The van der Waals surface area contributed by atoms with Gasteiger partial charge in [-0.2, -0.15) is 0 Å². The smallest absolute Gasteiger partial charge is 0.316 e. The lowest BCUT2D eigenvalue weighted by molar-refractivity contribution is -0.497.